The molecular formula is C19H14N4. The van der Waals surface area contributed by atoms with Crippen molar-refractivity contribution in [2.24, 2.45) is 0 Å². The zero-order valence-corrected chi connectivity index (χ0v) is 12.3. The summed E-state index contributed by atoms with van der Waals surface area (Å²) in [6.45, 7) is 0. The minimum atomic E-state index is 1.03. The number of aromatic amines is 3. The first kappa shape index (κ1) is 12.3. The molecule has 0 spiro atoms. The third-order valence-corrected chi connectivity index (χ3v) is 4.38. The lowest BCUT2D eigenvalue weighted by atomic mass is 10.0. The maximum atomic E-state index is 4.29. The minimum Gasteiger partial charge on any atom is -0.361 e. The van der Waals surface area contributed by atoms with E-state index in [1.54, 1.807) is 0 Å². The lowest BCUT2D eigenvalue weighted by Crippen LogP contribution is -1.80. The second-order valence-electron chi connectivity index (χ2n) is 5.65. The van der Waals surface area contributed by atoms with Gasteiger partial charge in [0.1, 0.15) is 0 Å². The van der Waals surface area contributed by atoms with Crippen LogP contribution in [0.15, 0.2) is 67.1 Å². The van der Waals surface area contributed by atoms with Crippen molar-refractivity contribution in [2.45, 2.75) is 0 Å². The highest BCUT2D eigenvalue weighted by Gasteiger charge is 2.16. The summed E-state index contributed by atoms with van der Waals surface area (Å²) in [5.41, 5.74) is 6.70. The molecule has 5 aromatic rings. The maximum Gasteiger partial charge on any atom is 0.0750 e. The van der Waals surface area contributed by atoms with Gasteiger partial charge < -0.3 is 9.97 Å². The van der Waals surface area contributed by atoms with E-state index in [0.29, 0.717) is 0 Å². The number of nitrogens with zero attached hydrogens (tertiary/aromatic N) is 1. The fraction of sp³-hybridized carbons (Fsp3) is 0. The number of hydrogen-bond acceptors (Lipinski definition) is 1. The lowest BCUT2D eigenvalue weighted by molar-refractivity contribution is 1.10. The Morgan fingerprint density at radius 1 is 0.652 bits per heavy atom. The number of fused-ring (bicyclic) bond motifs is 2. The van der Waals surface area contributed by atoms with E-state index in [1.165, 1.54) is 10.8 Å². The Kier molecular flexibility index (Phi) is 2.46. The van der Waals surface area contributed by atoms with Crippen LogP contribution < -0.4 is 0 Å². The van der Waals surface area contributed by atoms with Crippen LogP contribution >= 0.6 is 0 Å². The van der Waals surface area contributed by atoms with Crippen molar-refractivity contribution in [1.29, 1.82) is 0 Å². The fourth-order valence-corrected chi connectivity index (χ4v) is 3.27. The summed E-state index contributed by atoms with van der Waals surface area (Å²) in [5.74, 6) is 0. The second kappa shape index (κ2) is 4.61. The molecule has 0 amide bonds. The van der Waals surface area contributed by atoms with Crippen LogP contribution in [0.2, 0.25) is 0 Å². The standard InChI is InChI=1S/C19H14N4/c1-3-7-17-12(5-1)14(9-20-17)16-11-22-23-19(16)15-10-21-18-8-4-2-6-13(15)18/h1-11,20-21H,(H,22,23). The van der Waals surface area contributed by atoms with Crippen LogP contribution in [0.5, 0.6) is 0 Å². The van der Waals surface area contributed by atoms with Crippen molar-refractivity contribution in [1.82, 2.24) is 20.2 Å². The van der Waals surface area contributed by atoms with Gasteiger partial charge in [0.2, 0.25) is 0 Å². The molecule has 0 aliphatic carbocycles. The van der Waals surface area contributed by atoms with Crippen LogP contribution in [0.25, 0.3) is 44.2 Å². The van der Waals surface area contributed by atoms with Crippen molar-refractivity contribution >= 4 is 21.8 Å². The van der Waals surface area contributed by atoms with Gasteiger partial charge in [0.25, 0.3) is 0 Å². The van der Waals surface area contributed by atoms with Crippen LogP contribution in [-0.2, 0) is 0 Å². The molecule has 4 heteroatoms. The molecule has 0 aliphatic heterocycles. The van der Waals surface area contributed by atoms with Gasteiger partial charge in [-0.15, -0.1) is 0 Å². The number of rotatable bonds is 2. The Morgan fingerprint density at radius 3 is 2.00 bits per heavy atom. The van der Waals surface area contributed by atoms with E-state index in [-0.39, 0.29) is 0 Å². The number of aromatic nitrogens is 4. The molecule has 0 aliphatic rings. The van der Waals surface area contributed by atoms with Crippen molar-refractivity contribution in [3.05, 3.63) is 67.1 Å². The minimum absolute atomic E-state index is 1.03. The molecule has 5 rings (SSSR count). The molecule has 0 fully saturated rings. The molecule has 0 unspecified atom stereocenters. The van der Waals surface area contributed by atoms with E-state index in [9.17, 15) is 0 Å². The molecular weight excluding hydrogens is 284 g/mol. The van der Waals surface area contributed by atoms with Gasteiger partial charge in [-0.3, -0.25) is 5.10 Å². The van der Waals surface area contributed by atoms with E-state index in [4.69, 9.17) is 0 Å². The van der Waals surface area contributed by atoms with Crippen LogP contribution in [0.4, 0.5) is 0 Å². The quantitative estimate of drug-likeness (QED) is 0.434. The number of hydrogen-bond donors (Lipinski definition) is 3. The highest BCUT2D eigenvalue weighted by molar-refractivity contribution is 6.03. The van der Waals surface area contributed by atoms with Gasteiger partial charge in [0.15, 0.2) is 0 Å². The molecule has 3 heterocycles. The summed E-state index contributed by atoms with van der Waals surface area (Å²) in [6, 6.07) is 16.6. The fourth-order valence-electron chi connectivity index (χ4n) is 3.27. The van der Waals surface area contributed by atoms with E-state index in [1.807, 2.05) is 30.7 Å². The highest BCUT2D eigenvalue weighted by atomic mass is 15.1. The SMILES string of the molecule is c1ccc2c(-c3cn[nH]c3-c3c[nH]c4ccccc34)c[nH]c2c1. The molecule has 0 saturated carbocycles. The van der Waals surface area contributed by atoms with Gasteiger partial charge in [-0.1, -0.05) is 36.4 Å². The van der Waals surface area contributed by atoms with E-state index < -0.39 is 0 Å². The first-order chi connectivity index (χ1) is 11.4. The van der Waals surface area contributed by atoms with Crippen LogP contribution in [0.1, 0.15) is 0 Å². The largest absolute Gasteiger partial charge is 0.361 e. The molecule has 4 nitrogen and oxygen atoms in total. The topological polar surface area (TPSA) is 60.3 Å². The van der Waals surface area contributed by atoms with Crippen LogP contribution in [0.3, 0.4) is 0 Å². The predicted octanol–water partition coefficient (Wildman–Crippen LogP) is 4.71. The number of para-hydroxylation sites is 2. The summed E-state index contributed by atoms with van der Waals surface area (Å²) in [4.78, 5) is 6.67. The smallest absolute Gasteiger partial charge is 0.0750 e. The first-order valence-corrected chi connectivity index (χ1v) is 7.58. The van der Waals surface area contributed by atoms with Gasteiger partial charge in [0.05, 0.1) is 11.9 Å². The number of benzene rings is 2. The Labute approximate surface area is 132 Å². The van der Waals surface area contributed by atoms with Crippen molar-refractivity contribution in [2.75, 3.05) is 0 Å². The Bertz CT molecular complexity index is 1040. The van der Waals surface area contributed by atoms with Crippen molar-refractivity contribution < 1.29 is 0 Å². The molecule has 0 bridgehead atoms. The monoisotopic (exact) mass is 298 g/mol. The van der Waals surface area contributed by atoms with E-state index in [2.05, 4.69) is 56.6 Å². The molecule has 110 valence electrons. The molecule has 23 heavy (non-hydrogen) atoms. The highest BCUT2D eigenvalue weighted by Crippen LogP contribution is 2.37. The average molecular weight is 298 g/mol. The summed E-state index contributed by atoms with van der Waals surface area (Å²) in [6.07, 6.45) is 5.98. The second-order valence-corrected chi connectivity index (χ2v) is 5.65. The Morgan fingerprint density at radius 2 is 1.26 bits per heavy atom. The van der Waals surface area contributed by atoms with Crippen molar-refractivity contribution in [3.8, 4) is 22.4 Å². The van der Waals surface area contributed by atoms with Crippen molar-refractivity contribution in [3.63, 3.8) is 0 Å². The van der Waals surface area contributed by atoms with Gasteiger partial charge >= 0.3 is 0 Å². The average Bonchev–Trinajstić information content (AvgIpc) is 3.31. The molecule has 2 aromatic carbocycles. The summed E-state index contributed by atoms with van der Waals surface area (Å²) >= 11 is 0. The first-order valence-electron chi connectivity index (χ1n) is 7.58. The maximum absolute atomic E-state index is 4.29. The van der Waals surface area contributed by atoms with Gasteiger partial charge in [-0.2, -0.15) is 5.10 Å². The molecule has 0 atom stereocenters. The normalized spacial score (nSPS) is 11.5. The van der Waals surface area contributed by atoms with Crippen LogP contribution in [0, 0.1) is 0 Å². The Balaban J connectivity index is 1.77. The summed E-state index contributed by atoms with van der Waals surface area (Å²) in [7, 11) is 0. The number of H-pyrrole nitrogens is 3. The zero-order valence-electron chi connectivity index (χ0n) is 12.3. The number of nitrogens with one attached hydrogen (secondary N) is 3. The van der Waals surface area contributed by atoms with Crippen LogP contribution in [-0.4, -0.2) is 20.2 Å². The van der Waals surface area contributed by atoms with Gasteiger partial charge in [0, 0.05) is 50.9 Å². The summed E-state index contributed by atoms with van der Waals surface area (Å²) < 4.78 is 0. The van der Waals surface area contributed by atoms with Gasteiger partial charge in [-0.25, -0.2) is 0 Å². The van der Waals surface area contributed by atoms with E-state index in [0.717, 1.165) is 33.4 Å². The third-order valence-electron chi connectivity index (χ3n) is 4.38. The molecule has 3 N–H and O–H groups in total. The lowest BCUT2D eigenvalue weighted by Gasteiger charge is -2.01. The predicted molar refractivity (Wildman–Crippen MR) is 93.2 cm³/mol. The zero-order chi connectivity index (χ0) is 15.2. The summed E-state index contributed by atoms with van der Waals surface area (Å²) in [5, 5.41) is 9.86. The Hall–Kier alpha value is -3.27. The molecule has 0 radical (unpaired) electrons. The molecule has 0 saturated heterocycles. The third kappa shape index (κ3) is 1.75. The van der Waals surface area contributed by atoms with Gasteiger partial charge in [-0.05, 0) is 12.1 Å². The van der Waals surface area contributed by atoms with E-state index >= 15 is 0 Å². The molecule has 3 aromatic heterocycles.